The zero-order valence-corrected chi connectivity index (χ0v) is 14.8. The van der Waals surface area contributed by atoms with E-state index in [4.69, 9.17) is 10.5 Å². The first kappa shape index (κ1) is 16.9. The topological polar surface area (TPSA) is 86.4 Å². The summed E-state index contributed by atoms with van der Waals surface area (Å²) in [4.78, 5) is 0. The van der Waals surface area contributed by atoms with E-state index in [1.54, 1.807) is 25.4 Å². The van der Waals surface area contributed by atoms with Crippen molar-refractivity contribution in [2.45, 2.75) is 0 Å². The van der Waals surface area contributed by atoms with E-state index in [9.17, 15) is 8.42 Å². The molecule has 0 unspecified atom stereocenters. The number of hydrogen-bond donors (Lipinski definition) is 2. The summed E-state index contributed by atoms with van der Waals surface area (Å²) in [6.07, 6.45) is 2.80. The number of methoxy groups -OCH3 is 1. The number of nitrogens with one attached hydrogen (secondary N) is 1. The van der Waals surface area contributed by atoms with Crippen LogP contribution in [0.3, 0.4) is 0 Å². The largest absolute Gasteiger partial charge is 0.497 e. The van der Waals surface area contributed by atoms with Crippen LogP contribution in [0.5, 0.6) is 5.75 Å². The highest BCUT2D eigenvalue weighted by Crippen LogP contribution is 2.38. The maximum Gasteiger partial charge on any atom is 0.229 e. The first-order chi connectivity index (χ1) is 11.8. The summed E-state index contributed by atoms with van der Waals surface area (Å²) in [5.41, 5.74) is 10.0. The molecule has 130 valence electrons. The molecule has 0 saturated carbocycles. The van der Waals surface area contributed by atoms with Crippen LogP contribution in [-0.4, -0.2) is 26.4 Å². The lowest BCUT2D eigenvalue weighted by atomic mass is 10.1. The summed E-state index contributed by atoms with van der Waals surface area (Å²) < 4.78 is 32.3. The van der Waals surface area contributed by atoms with Gasteiger partial charge in [0.2, 0.25) is 10.0 Å². The Morgan fingerprint density at radius 2 is 1.88 bits per heavy atom. The Hall–Kier alpha value is -2.93. The number of nitrogen functional groups attached to an aromatic ring is 1. The van der Waals surface area contributed by atoms with Crippen molar-refractivity contribution in [3.05, 3.63) is 49.0 Å². The van der Waals surface area contributed by atoms with Crippen molar-refractivity contribution >= 4 is 38.5 Å². The summed E-state index contributed by atoms with van der Waals surface area (Å²) in [7, 11) is -1.70. The van der Waals surface area contributed by atoms with E-state index in [0.29, 0.717) is 11.4 Å². The van der Waals surface area contributed by atoms with E-state index >= 15 is 0 Å². The van der Waals surface area contributed by atoms with E-state index in [1.165, 1.54) is 0 Å². The van der Waals surface area contributed by atoms with Gasteiger partial charge >= 0.3 is 0 Å². The summed E-state index contributed by atoms with van der Waals surface area (Å²) in [6, 6.07) is 12.7. The fourth-order valence-electron chi connectivity index (χ4n) is 2.84. The van der Waals surface area contributed by atoms with Crippen LogP contribution < -0.4 is 15.2 Å². The van der Waals surface area contributed by atoms with Crippen LogP contribution in [0.25, 0.3) is 28.4 Å². The zero-order valence-electron chi connectivity index (χ0n) is 14.0. The van der Waals surface area contributed by atoms with Gasteiger partial charge in [0.15, 0.2) is 0 Å². The monoisotopic (exact) mass is 357 g/mol. The number of rotatable bonds is 5. The smallest absolute Gasteiger partial charge is 0.229 e. The molecule has 6 nitrogen and oxygen atoms in total. The Kier molecular flexibility index (Phi) is 4.18. The Morgan fingerprint density at radius 3 is 2.44 bits per heavy atom. The highest BCUT2D eigenvalue weighted by molar-refractivity contribution is 7.92. The molecule has 3 rings (SSSR count). The second kappa shape index (κ2) is 6.18. The van der Waals surface area contributed by atoms with Crippen molar-refractivity contribution in [2.24, 2.45) is 0 Å². The molecule has 7 heteroatoms. The minimum atomic E-state index is -3.31. The number of benzene rings is 2. The molecule has 0 spiro atoms. The van der Waals surface area contributed by atoms with Crippen LogP contribution in [0.4, 0.5) is 11.4 Å². The van der Waals surface area contributed by atoms with Crippen molar-refractivity contribution < 1.29 is 13.2 Å². The number of fused-ring (bicyclic) bond motifs is 1. The quantitative estimate of drug-likeness (QED) is 0.733. The molecule has 1 aromatic heterocycles. The van der Waals surface area contributed by atoms with Crippen LogP contribution in [0.2, 0.25) is 0 Å². The van der Waals surface area contributed by atoms with Gasteiger partial charge in [-0.15, -0.1) is 0 Å². The highest BCUT2D eigenvalue weighted by Gasteiger charge is 2.16. The van der Waals surface area contributed by atoms with Crippen LogP contribution >= 0.6 is 0 Å². The molecular formula is C18H19N3O3S. The second-order valence-electron chi connectivity index (χ2n) is 5.65. The third-order valence-electron chi connectivity index (χ3n) is 3.89. The number of aromatic nitrogens is 1. The number of hydrogen-bond acceptors (Lipinski definition) is 4. The first-order valence-electron chi connectivity index (χ1n) is 7.52. The third-order valence-corrected chi connectivity index (χ3v) is 4.50. The van der Waals surface area contributed by atoms with Crippen LogP contribution in [0.1, 0.15) is 0 Å². The fraction of sp³-hybridized carbons (Fsp3) is 0.111. The Morgan fingerprint density at radius 1 is 1.20 bits per heavy atom. The lowest BCUT2D eigenvalue weighted by Gasteiger charge is -2.09. The van der Waals surface area contributed by atoms with Gasteiger partial charge < -0.3 is 15.0 Å². The summed E-state index contributed by atoms with van der Waals surface area (Å²) >= 11 is 0. The number of nitrogens with two attached hydrogens (primary N) is 1. The summed E-state index contributed by atoms with van der Waals surface area (Å²) in [5, 5.41) is 0.897. The molecule has 0 aliphatic heterocycles. The maximum absolute atomic E-state index is 11.3. The molecule has 0 saturated heterocycles. The van der Waals surface area contributed by atoms with E-state index in [-0.39, 0.29) is 0 Å². The van der Waals surface area contributed by atoms with Crippen molar-refractivity contribution in [2.75, 3.05) is 23.8 Å². The number of ether oxygens (including phenoxy) is 1. The van der Waals surface area contributed by atoms with Crippen LogP contribution in [0, 0.1) is 0 Å². The van der Waals surface area contributed by atoms with Gasteiger partial charge in [0.25, 0.3) is 0 Å². The van der Waals surface area contributed by atoms with Crippen LogP contribution in [-0.2, 0) is 10.0 Å². The predicted molar refractivity (Wildman–Crippen MR) is 103 cm³/mol. The minimum absolute atomic E-state index is 0.493. The molecule has 0 aliphatic carbocycles. The van der Waals surface area contributed by atoms with Gasteiger partial charge in [-0.3, -0.25) is 4.72 Å². The van der Waals surface area contributed by atoms with Gasteiger partial charge in [-0.1, -0.05) is 18.7 Å². The van der Waals surface area contributed by atoms with E-state index < -0.39 is 10.0 Å². The number of sulfonamides is 1. The molecule has 3 N–H and O–H groups in total. The maximum atomic E-state index is 11.3. The molecule has 0 atom stereocenters. The summed E-state index contributed by atoms with van der Waals surface area (Å²) in [5.74, 6) is 0.729. The zero-order chi connectivity index (χ0) is 18.2. The molecule has 0 aliphatic rings. The predicted octanol–water partition coefficient (Wildman–Crippen LogP) is 3.37. The Balaban J connectivity index is 2.15. The van der Waals surface area contributed by atoms with E-state index in [2.05, 4.69) is 11.3 Å². The standard InChI is InChI=1S/C18H19N3O3S/c1-4-21-16-11-14(24-2)9-10-15(16)17(19)18(21)12-5-7-13(8-6-12)20-25(3,22)23/h4-11,20H,1,19H2,2-3H3. The molecule has 0 amide bonds. The molecule has 2 aromatic carbocycles. The average molecular weight is 357 g/mol. The molecular weight excluding hydrogens is 338 g/mol. The van der Waals surface area contributed by atoms with Crippen molar-refractivity contribution in [1.29, 1.82) is 0 Å². The first-order valence-corrected chi connectivity index (χ1v) is 9.41. The third kappa shape index (κ3) is 3.18. The number of nitrogens with zero attached hydrogens (tertiary/aromatic N) is 1. The van der Waals surface area contributed by atoms with Gasteiger partial charge in [0.1, 0.15) is 5.75 Å². The van der Waals surface area contributed by atoms with Gasteiger partial charge in [-0.25, -0.2) is 8.42 Å². The van der Waals surface area contributed by atoms with E-state index in [0.717, 1.165) is 34.2 Å². The SMILES string of the molecule is C=Cn1c(-c2ccc(NS(C)(=O)=O)cc2)c(N)c2ccc(OC)cc21. The second-order valence-corrected chi connectivity index (χ2v) is 7.40. The van der Waals surface area contributed by atoms with Gasteiger partial charge in [0, 0.05) is 28.9 Å². The Bertz CT molecular complexity index is 1050. The molecule has 0 fully saturated rings. The molecule has 0 bridgehead atoms. The fourth-order valence-corrected chi connectivity index (χ4v) is 3.40. The molecule has 25 heavy (non-hydrogen) atoms. The number of anilines is 2. The molecule has 1 heterocycles. The summed E-state index contributed by atoms with van der Waals surface area (Å²) in [6.45, 7) is 3.88. The van der Waals surface area contributed by atoms with Gasteiger partial charge in [0.05, 0.1) is 30.3 Å². The van der Waals surface area contributed by atoms with Crippen molar-refractivity contribution in [3.63, 3.8) is 0 Å². The van der Waals surface area contributed by atoms with E-state index in [1.807, 2.05) is 34.9 Å². The minimum Gasteiger partial charge on any atom is -0.497 e. The van der Waals surface area contributed by atoms with Crippen molar-refractivity contribution in [3.8, 4) is 17.0 Å². The van der Waals surface area contributed by atoms with Gasteiger partial charge in [-0.2, -0.15) is 0 Å². The van der Waals surface area contributed by atoms with Crippen molar-refractivity contribution in [1.82, 2.24) is 4.57 Å². The highest BCUT2D eigenvalue weighted by atomic mass is 32.2. The van der Waals surface area contributed by atoms with Gasteiger partial charge in [-0.05, 0) is 24.3 Å². The lowest BCUT2D eigenvalue weighted by molar-refractivity contribution is 0.415. The molecule has 3 aromatic rings. The normalized spacial score (nSPS) is 11.4. The average Bonchev–Trinajstić information content (AvgIpc) is 2.85. The lowest BCUT2D eigenvalue weighted by Crippen LogP contribution is -2.09. The van der Waals surface area contributed by atoms with Crippen LogP contribution in [0.15, 0.2) is 49.0 Å². The molecule has 0 radical (unpaired) electrons. The Labute approximate surface area is 146 Å².